The predicted molar refractivity (Wildman–Crippen MR) is 98.9 cm³/mol. The van der Waals surface area contributed by atoms with Gasteiger partial charge in [0, 0.05) is 13.8 Å². The lowest BCUT2D eigenvalue weighted by atomic mass is 10.1. The van der Waals surface area contributed by atoms with E-state index in [0.29, 0.717) is 0 Å². The third kappa shape index (κ3) is 1.96. The molecule has 2 heterocycles. The Hall–Kier alpha value is -3.07. The van der Waals surface area contributed by atoms with Gasteiger partial charge in [0.15, 0.2) is 11.0 Å². The highest BCUT2D eigenvalue weighted by Gasteiger charge is 2.43. The second-order valence-corrected chi connectivity index (χ2v) is 6.86. The average molecular weight is 327 g/mol. The Morgan fingerprint density at radius 1 is 0.800 bits per heavy atom. The highest BCUT2D eigenvalue weighted by molar-refractivity contribution is 5.80. The number of rotatable bonds is 1. The first-order valence-electron chi connectivity index (χ1n) is 8.57. The van der Waals surface area contributed by atoms with Crippen molar-refractivity contribution in [3.63, 3.8) is 0 Å². The molecule has 25 heavy (non-hydrogen) atoms. The van der Waals surface area contributed by atoms with Gasteiger partial charge in [-0.3, -0.25) is 0 Å². The molecule has 3 aromatic carbocycles. The van der Waals surface area contributed by atoms with Crippen LogP contribution in [0.4, 0.5) is 0 Å². The SMILES string of the molecule is CC1(C)Oc2ccccc2-c2n(-c3ccccc3)c3ccccc3[n+]21. The number of benzene rings is 3. The van der Waals surface area contributed by atoms with E-state index in [0.717, 1.165) is 22.8 Å². The van der Waals surface area contributed by atoms with Crippen molar-refractivity contribution in [2.24, 2.45) is 0 Å². The Morgan fingerprint density at radius 2 is 1.48 bits per heavy atom. The Morgan fingerprint density at radius 3 is 2.32 bits per heavy atom. The smallest absolute Gasteiger partial charge is 0.302 e. The van der Waals surface area contributed by atoms with Gasteiger partial charge < -0.3 is 4.74 Å². The van der Waals surface area contributed by atoms with Crippen molar-refractivity contribution >= 4 is 11.0 Å². The molecule has 0 saturated heterocycles. The van der Waals surface area contributed by atoms with Crippen molar-refractivity contribution in [1.82, 2.24) is 4.57 Å². The lowest BCUT2D eigenvalue weighted by Crippen LogP contribution is -2.59. The van der Waals surface area contributed by atoms with Crippen molar-refractivity contribution in [3.05, 3.63) is 78.9 Å². The van der Waals surface area contributed by atoms with E-state index in [4.69, 9.17) is 4.74 Å². The van der Waals surface area contributed by atoms with Gasteiger partial charge in [-0.15, -0.1) is 0 Å². The Kier molecular flexibility index (Phi) is 2.84. The van der Waals surface area contributed by atoms with Gasteiger partial charge in [-0.25, -0.2) is 0 Å². The van der Waals surface area contributed by atoms with E-state index in [1.807, 2.05) is 12.1 Å². The molecule has 3 nitrogen and oxygen atoms in total. The Bertz CT molecular complexity index is 1090. The molecule has 122 valence electrons. The molecule has 4 aromatic rings. The van der Waals surface area contributed by atoms with E-state index >= 15 is 0 Å². The standard InChI is InChI=1S/C22H19N2O/c1-22(2)24-19-14-8-7-13-18(19)23(16-10-4-3-5-11-16)21(24)17-12-6-9-15-20(17)25-22/h3-15H,1-2H3/q+1. The van der Waals surface area contributed by atoms with Gasteiger partial charge >= 0.3 is 5.82 Å². The zero-order valence-electron chi connectivity index (χ0n) is 14.3. The lowest BCUT2D eigenvalue weighted by molar-refractivity contribution is -0.765. The van der Waals surface area contributed by atoms with Crippen LogP contribution in [0, 0.1) is 0 Å². The van der Waals surface area contributed by atoms with Crippen molar-refractivity contribution in [1.29, 1.82) is 0 Å². The van der Waals surface area contributed by atoms with Crippen LogP contribution in [0.3, 0.4) is 0 Å². The second kappa shape index (κ2) is 4.96. The van der Waals surface area contributed by atoms with Crippen LogP contribution in [-0.2, 0) is 5.72 Å². The van der Waals surface area contributed by atoms with Crippen LogP contribution >= 0.6 is 0 Å². The van der Waals surface area contributed by atoms with Crippen LogP contribution in [0.15, 0.2) is 78.9 Å². The molecular weight excluding hydrogens is 308 g/mol. The van der Waals surface area contributed by atoms with Crippen molar-refractivity contribution in [3.8, 4) is 22.8 Å². The summed E-state index contributed by atoms with van der Waals surface area (Å²) in [6.45, 7) is 4.24. The molecule has 0 bridgehead atoms. The van der Waals surface area contributed by atoms with Crippen LogP contribution in [0.5, 0.6) is 5.75 Å². The molecule has 0 N–H and O–H groups in total. The molecule has 3 heteroatoms. The zero-order valence-corrected chi connectivity index (χ0v) is 14.3. The van der Waals surface area contributed by atoms with Gasteiger partial charge in [0.1, 0.15) is 17.0 Å². The number of aromatic nitrogens is 2. The number of nitrogens with zero attached hydrogens (tertiary/aromatic N) is 2. The van der Waals surface area contributed by atoms with Crippen molar-refractivity contribution in [2.45, 2.75) is 19.6 Å². The normalized spacial score (nSPS) is 14.6. The van der Waals surface area contributed by atoms with E-state index in [-0.39, 0.29) is 0 Å². The summed E-state index contributed by atoms with van der Waals surface area (Å²) in [4.78, 5) is 0. The Labute approximate surface area is 146 Å². The molecule has 0 saturated carbocycles. The molecule has 0 aliphatic carbocycles. The van der Waals surface area contributed by atoms with E-state index in [1.165, 1.54) is 11.0 Å². The summed E-state index contributed by atoms with van der Waals surface area (Å²) in [7, 11) is 0. The van der Waals surface area contributed by atoms with E-state index < -0.39 is 5.72 Å². The van der Waals surface area contributed by atoms with E-state index in [2.05, 4.69) is 89.7 Å². The second-order valence-electron chi connectivity index (χ2n) is 6.86. The van der Waals surface area contributed by atoms with Gasteiger partial charge in [0.2, 0.25) is 5.72 Å². The highest BCUT2D eigenvalue weighted by atomic mass is 16.5. The minimum Gasteiger partial charge on any atom is -0.449 e. The summed E-state index contributed by atoms with van der Waals surface area (Å²) < 4.78 is 11.0. The molecule has 0 unspecified atom stereocenters. The fourth-order valence-corrected chi connectivity index (χ4v) is 3.85. The largest absolute Gasteiger partial charge is 0.449 e. The number of ether oxygens (including phenoxy) is 1. The monoisotopic (exact) mass is 327 g/mol. The first kappa shape index (κ1) is 14.3. The Balaban J connectivity index is 2.00. The summed E-state index contributed by atoms with van der Waals surface area (Å²) in [6.07, 6.45) is 0. The van der Waals surface area contributed by atoms with Gasteiger partial charge in [-0.2, -0.15) is 9.13 Å². The molecule has 0 radical (unpaired) electrons. The van der Waals surface area contributed by atoms with E-state index in [9.17, 15) is 0 Å². The maximum absolute atomic E-state index is 6.35. The lowest BCUT2D eigenvalue weighted by Gasteiger charge is -2.30. The molecule has 1 aliphatic heterocycles. The summed E-state index contributed by atoms with van der Waals surface area (Å²) in [5.41, 5.74) is 4.14. The molecule has 0 atom stereocenters. The number of imidazole rings is 1. The number of hydrogen-bond acceptors (Lipinski definition) is 1. The fraction of sp³-hybridized carbons (Fsp3) is 0.136. The van der Waals surface area contributed by atoms with Gasteiger partial charge in [0.05, 0.1) is 0 Å². The minimum absolute atomic E-state index is 0.469. The summed E-state index contributed by atoms with van der Waals surface area (Å²) in [6, 6.07) is 27.3. The molecule has 0 amide bonds. The molecule has 5 rings (SSSR count). The van der Waals surface area contributed by atoms with Gasteiger partial charge in [0.25, 0.3) is 0 Å². The minimum atomic E-state index is -0.469. The molecule has 0 spiro atoms. The number of para-hydroxylation sites is 4. The van der Waals surface area contributed by atoms with Crippen molar-refractivity contribution in [2.75, 3.05) is 0 Å². The summed E-state index contributed by atoms with van der Waals surface area (Å²) in [5, 5.41) is 0. The first-order valence-corrected chi connectivity index (χ1v) is 8.57. The maximum atomic E-state index is 6.35. The van der Waals surface area contributed by atoms with E-state index in [1.54, 1.807) is 0 Å². The average Bonchev–Trinajstić information content (AvgIpc) is 2.98. The van der Waals surface area contributed by atoms with Crippen LogP contribution in [0.1, 0.15) is 13.8 Å². The third-order valence-corrected chi connectivity index (χ3v) is 4.83. The first-order chi connectivity index (χ1) is 12.2. The molecular formula is C22H19N2O+. The summed E-state index contributed by atoms with van der Waals surface area (Å²) in [5.74, 6) is 2.08. The predicted octanol–water partition coefficient (Wildman–Crippen LogP) is 4.67. The molecule has 1 aromatic heterocycles. The topological polar surface area (TPSA) is 18.0 Å². The third-order valence-electron chi connectivity index (χ3n) is 4.83. The highest BCUT2D eigenvalue weighted by Crippen LogP contribution is 2.39. The molecule has 1 aliphatic rings. The van der Waals surface area contributed by atoms with Crippen LogP contribution in [0.2, 0.25) is 0 Å². The maximum Gasteiger partial charge on any atom is 0.302 e. The number of fused-ring (bicyclic) bond motifs is 5. The van der Waals surface area contributed by atoms with Crippen LogP contribution < -0.4 is 9.30 Å². The fourth-order valence-electron chi connectivity index (χ4n) is 3.85. The quantitative estimate of drug-likeness (QED) is 0.465. The van der Waals surface area contributed by atoms with Gasteiger partial charge in [-0.1, -0.05) is 42.5 Å². The van der Waals surface area contributed by atoms with Gasteiger partial charge in [-0.05, 0) is 36.4 Å². The zero-order chi connectivity index (χ0) is 17.0. The van der Waals surface area contributed by atoms with Crippen LogP contribution in [-0.4, -0.2) is 4.57 Å². The summed E-state index contributed by atoms with van der Waals surface area (Å²) >= 11 is 0. The number of hydrogen-bond donors (Lipinski definition) is 0. The molecule has 0 fully saturated rings. The van der Waals surface area contributed by atoms with Crippen LogP contribution in [0.25, 0.3) is 28.1 Å². The van der Waals surface area contributed by atoms with Crippen molar-refractivity contribution < 1.29 is 9.30 Å².